The molecule has 0 fully saturated rings. The van der Waals surface area contributed by atoms with Gasteiger partial charge in [-0.3, -0.25) is 13.9 Å². The fourth-order valence-corrected chi connectivity index (χ4v) is 5.25. The fourth-order valence-electron chi connectivity index (χ4n) is 4.39. The Hall–Kier alpha value is -3.39. The lowest BCUT2D eigenvalue weighted by Gasteiger charge is -2.33. The molecule has 3 aromatic carbocycles. The molecule has 37 heavy (non-hydrogen) atoms. The second-order valence-electron chi connectivity index (χ2n) is 9.52. The first kappa shape index (κ1) is 28.2. The summed E-state index contributed by atoms with van der Waals surface area (Å²) in [5.41, 5.74) is 2.34. The number of nitrogens with zero attached hydrogens (tertiary/aromatic N) is 2. The first-order chi connectivity index (χ1) is 17.5. The van der Waals surface area contributed by atoms with E-state index in [1.807, 2.05) is 82.3 Å². The summed E-state index contributed by atoms with van der Waals surface area (Å²) in [6.45, 7) is 7.51. The van der Waals surface area contributed by atoms with E-state index in [2.05, 4.69) is 5.32 Å². The molecule has 3 rings (SSSR count). The lowest BCUT2D eigenvalue weighted by Crippen LogP contribution is -2.53. The molecule has 0 spiro atoms. The van der Waals surface area contributed by atoms with Crippen LogP contribution in [-0.4, -0.2) is 50.0 Å². The second kappa shape index (κ2) is 12.2. The Balaban J connectivity index is 2.02. The molecule has 0 aliphatic heterocycles. The minimum absolute atomic E-state index is 0.0410. The Morgan fingerprint density at radius 3 is 2.27 bits per heavy atom. The highest BCUT2D eigenvalue weighted by atomic mass is 32.2. The molecule has 2 atom stereocenters. The van der Waals surface area contributed by atoms with E-state index >= 15 is 0 Å². The van der Waals surface area contributed by atoms with E-state index in [0.29, 0.717) is 12.1 Å². The maximum absolute atomic E-state index is 13.9. The van der Waals surface area contributed by atoms with E-state index in [0.717, 1.165) is 38.9 Å². The van der Waals surface area contributed by atoms with Gasteiger partial charge in [0.25, 0.3) is 0 Å². The van der Waals surface area contributed by atoms with Gasteiger partial charge in [0.2, 0.25) is 21.8 Å². The summed E-state index contributed by atoms with van der Waals surface area (Å²) in [7, 11) is -3.81. The van der Waals surface area contributed by atoms with Crippen LogP contribution >= 0.6 is 0 Å². The average molecular weight is 524 g/mol. The highest BCUT2D eigenvalue weighted by molar-refractivity contribution is 7.92. The molecule has 0 bridgehead atoms. The van der Waals surface area contributed by atoms with Gasteiger partial charge in [-0.05, 0) is 43.7 Å². The molecule has 2 amide bonds. The van der Waals surface area contributed by atoms with Crippen LogP contribution in [0.3, 0.4) is 0 Å². The van der Waals surface area contributed by atoms with Gasteiger partial charge in [-0.25, -0.2) is 8.42 Å². The smallest absolute Gasteiger partial charge is 0.244 e. The number of carbonyl (C=O) groups is 2. The van der Waals surface area contributed by atoms with Gasteiger partial charge in [0.05, 0.1) is 11.9 Å². The number of carbonyl (C=O) groups excluding carboxylic acids is 2. The van der Waals surface area contributed by atoms with Gasteiger partial charge < -0.3 is 10.2 Å². The first-order valence-corrected chi connectivity index (χ1v) is 14.5. The van der Waals surface area contributed by atoms with Crippen molar-refractivity contribution < 1.29 is 18.0 Å². The number of fused-ring (bicyclic) bond motifs is 1. The summed E-state index contributed by atoms with van der Waals surface area (Å²) in [6, 6.07) is 19.8. The van der Waals surface area contributed by atoms with E-state index in [9.17, 15) is 18.0 Å². The molecule has 8 heteroatoms. The van der Waals surface area contributed by atoms with Crippen LogP contribution in [0.2, 0.25) is 0 Å². The van der Waals surface area contributed by atoms with Gasteiger partial charge in [0, 0.05) is 18.0 Å². The second-order valence-corrected chi connectivity index (χ2v) is 11.4. The summed E-state index contributed by atoms with van der Waals surface area (Å²) >= 11 is 0. The number of anilines is 1. The van der Waals surface area contributed by atoms with Crippen molar-refractivity contribution in [1.82, 2.24) is 10.2 Å². The molecule has 198 valence electrons. The molecular formula is C29H37N3O4S. The van der Waals surface area contributed by atoms with Crippen LogP contribution in [0.25, 0.3) is 10.8 Å². The molecule has 0 radical (unpaired) electrons. The Bertz CT molecular complexity index is 1350. The number of hydrogen-bond donors (Lipinski definition) is 1. The van der Waals surface area contributed by atoms with Crippen LogP contribution in [-0.2, 0) is 26.2 Å². The van der Waals surface area contributed by atoms with E-state index in [4.69, 9.17) is 0 Å². The van der Waals surface area contributed by atoms with E-state index in [1.54, 1.807) is 12.1 Å². The summed E-state index contributed by atoms with van der Waals surface area (Å²) in [4.78, 5) is 28.6. The molecule has 0 saturated carbocycles. The van der Waals surface area contributed by atoms with Crippen molar-refractivity contribution in [3.63, 3.8) is 0 Å². The number of rotatable bonds is 11. The molecule has 0 aliphatic rings. The van der Waals surface area contributed by atoms with Crippen molar-refractivity contribution in [2.24, 2.45) is 0 Å². The number of nitrogens with one attached hydrogen (secondary N) is 1. The molecule has 0 aromatic heterocycles. The van der Waals surface area contributed by atoms with Gasteiger partial charge in [-0.15, -0.1) is 0 Å². The SMILES string of the molecule is CC[C@H](C(=O)N[C@@H](C)CC)N(Cc1cccc(C)c1)C(=O)CN(c1cccc2ccccc12)S(C)(=O)=O. The van der Waals surface area contributed by atoms with E-state index < -0.39 is 28.5 Å². The molecule has 0 saturated heterocycles. The summed E-state index contributed by atoms with van der Waals surface area (Å²) in [6.07, 6.45) is 2.25. The largest absolute Gasteiger partial charge is 0.352 e. The van der Waals surface area contributed by atoms with Crippen LogP contribution in [0, 0.1) is 6.92 Å². The molecule has 7 nitrogen and oxygen atoms in total. The Morgan fingerprint density at radius 2 is 1.62 bits per heavy atom. The van der Waals surface area contributed by atoms with Crippen LogP contribution < -0.4 is 9.62 Å². The molecule has 0 heterocycles. The van der Waals surface area contributed by atoms with Gasteiger partial charge >= 0.3 is 0 Å². The minimum Gasteiger partial charge on any atom is -0.352 e. The summed E-state index contributed by atoms with van der Waals surface area (Å²) < 4.78 is 27.1. The van der Waals surface area contributed by atoms with E-state index in [-0.39, 0.29) is 18.5 Å². The number of sulfonamides is 1. The molecule has 1 N–H and O–H groups in total. The van der Waals surface area contributed by atoms with Crippen LogP contribution in [0.4, 0.5) is 5.69 Å². The van der Waals surface area contributed by atoms with Gasteiger partial charge in [-0.1, -0.05) is 80.1 Å². The van der Waals surface area contributed by atoms with Gasteiger partial charge in [0.15, 0.2) is 0 Å². The Labute approximate surface area is 220 Å². The quantitative estimate of drug-likeness (QED) is 0.397. The third-order valence-electron chi connectivity index (χ3n) is 6.54. The van der Waals surface area contributed by atoms with Gasteiger partial charge in [-0.2, -0.15) is 0 Å². The Kier molecular flexibility index (Phi) is 9.32. The topological polar surface area (TPSA) is 86.8 Å². The highest BCUT2D eigenvalue weighted by Crippen LogP contribution is 2.29. The van der Waals surface area contributed by atoms with Crippen LogP contribution in [0.1, 0.15) is 44.7 Å². The molecule has 0 aliphatic carbocycles. The normalized spacial score (nSPS) is 13.1. The van der Waals surface area contributed by atoms with Crippen molar-refractivity contribution in [3.8, 4) is 0 Å². The average Bonchev–Trinajstić information content (AvgIpc) is 2.86. The van der Waals surface area contributed by atoms with Crippen LogP contribution in [0.15, 0.2) is 66.7 Å². The number of amides is 2. The van der Waals surface area contributed by atoms with Crippen molar-refractivity contribution >= 4 is 38.3 Å². The fraction of sp³-hybridized carbons (Fsp3) is 0.379. The van der Waals surface area contributed by atoms with Crippen molar-refractivity contribution in [1.29, 1.82) is 0 Å². The zero-order valence-corrected chi connectivity index (χ0v) is 23.1. The van der Waals surface area contributed by atoms with E-state index in [1.165, 1.54) is 4.90 Å². The lowest BCUT2D eigenvalue weighted by atomic mass is 10.1. The third kappa shape index (κ3) is 7.10. The maximum atomic E-state index is 13.9. The highest BCUT2D eigenvalue weighted by Gasteiger charge is 2.32. The summed E-state index contributed by atoms with van der Waals surface area (Å²) in [5.74, 6) is -0.681. The van der Waals surface area contributed by atoms with Gasteiger partial charge in [0.1, 0.15) is 12.6 Å². The zero-order chi connectivity index (χ0) is 27.2. The van der Waals surface area contributed by atoms with Crippen molar-refractivity contribution in [3.05, 3.63) is 77.9 Å². The van der Waals surface area contributed by atoms with Crippen molar-refractivity contribution in [2.75, 3.05) is 17.1 Å². The Morgan fingerprint density at radius 1 is 0.946 bits per heavy atom. The maximum Gasteiger partial charge on any atom is 0.244 e. The minimum atomic E-state index is -3.81. The predicted octanol–water partition coefficient (Wildman–Crippen LogP) is 4.64. The molecular weight excluding hydrogens is 486 g/mol. The lowest BCUT2D eigenvalue weighted by molar-refractivity contribution is -0.140. The molecule has 0 unspecified atom stereocenters. The number of hydrogen-bond acceptors (Lipinski definition) is 4. The monoisotopic (exact) mass is 523 g/mol. The van der Waals surface area contributed by atoms with Crippen LogP contribution in [0.5, 0.6) is 0 Å². The third-order valence-corrected chi connectivity index (χ3v) is 7.66. The number of aryl methyl sites for hydroxylation is 1. The number of benzene rings is 3. The standard InChI is InChI=1S/C29H37N3O4S/c1-6-22(4)30-29(34)26(7-2)31(19-23-13-10-12-21(3)18-23)28(33)20-32(37(5,35)36)27-17-11-15-24-14-8-9-16-25(24)27/h8-18,22,26H,6-7,19-20H2,1-5H3,(H,30,34)/t22-,26+/m0/s1. The molecule has 3 aromatic rings. The predicted molar refractivity (Wildman–Crippen MR) is 150 cm³/mol. The first-order valence-electron chi connectivity index (χ1n) is 12.7. The van der Waals surface area contributed by atoms with Crippen molar-refractivity contribution in [2.45, 2.75) is 59.2 Å². The summed E-state index contributed by atoms with van der Waals surface area (Å²) in [5, 5.41) is 4.59. The zero-order valence-electron chi connectivity index (χ0n) is 22.3.